The Balaban J connectivity index is 0.000000167. The second-order valence-electron chi connectivity index (χ2n) is 33.6. The van der Waals surface area contributed by atoms with Crippen molar-refractivity contribution in [2.24, 2.45) is 115 Å². The molecule has 10 rings (SSSR count). The Morgan fingerprint density at radius 2 is 0.940 bits per heavy atom. The lowest BCUT2D eigenvalue weighted by Crippen LogP contribution is -2.45. The summed E-state index contributed by atoms with van der Waals surface area (Å²) in [4.78, 5) is 11.8. The van der Waals surface area contributed by atoms with Gasteiger partial charge in [-0.1, -0.05) is 247 Å². The highest BCUT2D eigenvalue weighted by molar-refractivity contribution is 7.78. The number of Topliss-reactive ketones (excluding diaryl/α,β-unsaturated/α-hetero) is 1. The molecule has 8 aliphatic rings. The molecule has 2 aromatic rings. The molecule has 0 bridgehead atoms. The molecule has 4 heteroatoms. The van der Waals surface area contributed by atoms with Crippen molar-refractivity contribution in [3.05, 3.63) is 95.6 Å². The van der Waals surface area contributed by atoms with Crippen LogP contribution in [0.25, 0.3) is 0 Å². The van der Waals surface area contributed by atoms with E-state index in [1.54, 1.807) is 11.1 Å². The number of carbonyl (C=O) groups is 1. The van der Waals surface area contributed by atoms with E-state index < -0.39 is 7.14 Å². The van der Waals surface area contributed by atoms with Gasteiger partial charge in [0.15, 0.2) is 0 Å². The van der Waals surface area contributed by atoms with Crippen LogP contribution in [-0.2, 0) is 9.36 Å². The van der Waals surface area contributed by atoms with Crippen LogP contribution in [0.3, 0.4) is 0 Å². The highest BCUT2D eigenvalue weighted by atomic mass is 31.2. The van der Waals surface area contributed by atoms with Gasteiger partial charge in [-0.3, -0.25) is 4.79 Å². The maximum atomic E-state index is 14.3. The summed E-state index contributed by atoms with van der Waals surface area (Å²) in [5.41, 5.74) is 7.46. The van der Waals surface area contributed by atoms with Crippen molar-refractivity contribution in [3.63, 3.8) is 0 Å². The van der Waals surface area contributed by atoms with Gasteiger partial charge in [-0.05, 0) is 205 Å². The summed E-state index contributed by atoms with van der Waals surface area (Å²) in [7, 11) is -2.70. The van der Waals surface area contributed by atoms with Gasteiger partial charge < -0.3 is 9.67 Å². The number of aliphatic hydroxyl groups is 1. The van der Waals surface area contributed by atoms with Crippen LogP contribution in [-0.4, -0.2) is 23.2 Å². The van der Waals surface area contributed by atoms with Gasteiger partial charge in [0.1, 0.15) is 12.9 Å². The minimum atomic E-state index is -2.70. The second kappa shape index (κ2) is 26.3. The van der Waals surface area contributed by atoms with Crippen LogP contribution in [0.5, 0.6) is 0 Å². The molecule has 0 aromatic heterocycles. The molecular weight excluding hydrogens is 1030 g/mol. The first-order chi connectivity index (χ1) is 38.6. The quantitative estimate of drug-likeness (QED) is 0.212. The molecule has 0 radical (unpaired) electrons. The largest absolute Gasteiger partial charge is 0.393 e. The molecular formula is C79H127O3P. The molecule has 0 spiro atoms. The fraction of sp³-hybridized carbons (Fsp3) is 0.759. The Bertz CT molecular complexity index is 2560. The van der Waals surface area contributed by atoms with Crippen LogP contribution in [0.4, 0.5) is 0 Å². The molecule has 0 heterocycles. The van der Waals surface area contributed by atoms with Gasteiger partial charge in [0.2, 0.25) is 0 Å². The van der Waals surface area contributed by atoms with Crippen molar-refractivity contribution in [2.45, 2.75) is 261 Å². The molecule has 5 unspecified atom stereocenters. The van der Waals surface area contributed by atoms with E-state index in [9.17, 15) is 14.5 Å². The SMILES string of the molecule is CC(C)[C@H]1CC[C@H]2/C(=C/C=C3/CC(C)C(C)(C)C(C)C3(C)C)CCC[C@]12C.CC(C)[C@H]1CC[C@H]2C(=O)CCC[C@]12C.CC(C)[C@H]1CC[C@H]2C(O)CCC[C@]12C.CC1C/C(=C/CP(=O)(c2ccccc2)c2ccccc2)C(C)(C)C(C)C1(C)C. The fourth-order valence-electron chi connectivity index (χ4n) is 20.5. The van der Waals surface area contributed by atoms with E-state index in [1.165, 1.54) is 82.6 Å². The third-order valence-electron chi connectivity index (χ3n) is 27.6. The van der Waals surface area contributed by atoms with E-state index in [0.717, 1.165) is 90.1 Å². The third kappa shape index (κ3) is 13.4. The Labute approximate surface area is 512 Å². The lowest BCUT2D eigenvalue weighted by atomic mass is 9.52. The molecule has 1 N–H and O–H groups in total. The van der Waals surface area contributed by atoms with Crippen LogP contribution in [0.15, 0.2) is 95.6 Å². The molecule has 83 heavy (non-hydrogen) atoms. The predicted octanol–water partition coefficient (Wildman–Crippen LogP) is 21.7. The molecule has 3 nitrogen and oxygen atoms in total. The number of carbonyl (C=O) groups excluding carboxylic acids is 1. The summed E-state index contributed by atoms with van der Waals surface area (Å²) in [5.74, 6) is 10.0. The lowest BCUT2D eigenvalue weighted by molar-refractivity contribution is -0.130. The number of hydrogen-bond donors (Lipinski definition) is 1. The molecule has 8 fully saturated rings. The third-order valence-corrected chi connectivity index (χ3v) is 30.6. The molecule has 8 saturated carbocycles. The van der Waals surface area contributed by atoms with Crippen molar-refractivity contribution in [1.29, 1.82) is 0 Å². The van der Waals surface area contributed by atoms with Gasteiger partial charge in [0, 0.05) is 29.1 Å². The van der Waals surface area contributed by atoms with Crippen molar-refractivity contribution in [3.8, 4) is 0 Å². The topological polar surface area (TPSA) is 54.4 Å². The molecule has 0 aliphatic heterocycles. The smallest absolute Gasteiger partial charge is 0.146 e. The minimum Gasteiger partial charge on any atom is -0.393 e. The van der Waals surface area contributed by atoms with E-state index in [2.05, 4.69) is 164 Å². The van der Waals surface area contributed by atoms with Crippen LogP contribution in [0.1, 0.15) is 255 Å². The van der Waals surface area contributed by atoms with Crippen molar-refractivity contribution < 1.29 is 14.5 Å². The number of allylic oxidation sites excluding steroid dienone is 6. The highest BCUT2D eigenvalue weighted by Gasteiger charge is 2.54. The Morgan fingerprint density at radius 3 is 1.45 bits per heavy atom. The van der Waals surface area contributed by atoms with Crippen molar-refractivity contribution in [1.82, 2.24) is 0 Å². The van der Waals surface area contributed by atoms with Gasteiger partial charge in [0.25, 0.3) is 0 Å². The van der Waals surface area contributed by atoms with Gasteiger partial charge in [-0.25, -0.2) is 0 Å². The zero-order chi connectivity index (χ0) is 61.5. The molecule has 8 aliphatic carbocycles. The van der Waals surface area contributed by atoms with E-state index in [0.29, 0.717) is 74.0 Å². The summed E-state index contributed by atoms with van der Waals surface area (Å²) in [6.07, 6.45) is 29.5. The standard InChI is InChI=1S/C27H46.C26H35OP.C13H24O.C13H22O/c1-18(2)23-14-15-24-21(11-10-16-27(23,24)9)12-13-22-17-19(3)25(5,6)20(4)26(22,7)8;1-20-19-22(26(5,6)21(2)25(20,3)4)17-18-28(27,23-13-9-7-10-14-23)24-15-11-8-12-16-24;2*1-9(2)10-6-7-11-12(14)5-4-8-13(10,11)3/h12-13,18-20,23-24H,10-11,14-17H2,1-9H3;7-17,20-21H,18-19H2,1-6H3;9-12,14H,4-8H2,1-3H3;9-11H,4-8H2,1-3H3/b21-12+,22-13-;22-17-;;/t19?,20?,23-,24+,27-;;10-,11+,12?,13-;10-,11+,13-/m1.11/s1. The van der Waals surface area contributed by atoms with Gasteiger partial charge in [-0.15, -0.1) is 0 Å². The molecule has 466 valence electrons. The predicted molar refractivity (Wildman–Crippen MR) is 360 cm³/mol. The molecule has 2 aromatic carbocycles. The number of ketones is 1. The first kappa shape index (κ1) is 68.0. The van der Waals surface area contributed by atoms with Gasteiger partial charge in [-0.2, -0.15) is 0 Å². The van der Waals surface area contributed by atoms with Crippen LogP contribution in [0.2, 0.25) is 0 Å². The highest BCUT2D eigenvalue weighted by Crippen LogP contribution is 2.62. The number of aliphatic hydroxyl groups excluding tert-OH is 1. The van der Waals surface area contributed by atoms with Crippen LogP contribution < -0.4 is 10.6 Å². The average molecular weight is 1160 g/mol. The first-order valence-corrected chi connectivity index (χ1v) is 36.5. The Kier molecular flexibility index (Phi) is 21.6. The summed E-state index contributed by atoms with van der Waals surface area (Å²) >= 11 is 0. The zero-order valence-electron chi connectivity index (χ0n) is 57.5. The molecule has 14 atom stereocenters. The monoisotopic (exact) mass is 1150 g/mol. The number of hydrogen-bond acceptors (Lipinski definition) is 3. The Morgan fingerprint density at radius 1 is 0.518 bits per heavy atom. The normalized spacial score (nSPS) is 38.3. The fourth-order valence-corrected chi connectivity index (χ4v) is 23.0. The van der Waals surface area contributed by atoms with Crippen molar-refractivity contribution in [2.75, 3.05) is 6.16 Å². The van der Waals surface area contributed by atoms with E-state index in [1.807, 2.05) is 60.7 Å². The lowest BCUT2D eigenvalue weighted by Gasteiger charge is -2.53. The van der Waals surface area contributed by atoms with Crippen LogP contribution >= 0.6 is 7.14 Å². The Hall–Kier alpha value is -2.48. The van der Waals surface area contributed by atoms with E-state index in [-0.39, 0.29) is 11.5 Å². The summed E-state index contributed by atoms with van der Waals surface area (Å²) in [5, 5.41) is 11.9. The first-order valence-electron chi connectivity index (χ1n) is 34.6. The van der Waals surface area contributed by atoms with Crippen LogP contribution in [0, 0.1) is 115 Å². The van der Waals surface area contributed by atoms with Crippen molar-refractivity contribution >= 4 is 23.5 Å². The second-order valence-corrected chi connectivity index (χ2v) is 36.5. The van der Waals surface area contributed by atoms with Gasteiger partial charge in [0.05, 0.1) is 6.10 Å². The number of fused-ring (bicyclic) bond motifs is 3. The molecule has 0 amide bonds. The summed E-state index contributed by atoms with van der Waals surface area (Å²) < 4.78 is 14.3. The minimum absolute atomic E-state index is 0.00231. The van der Waals surface area contributed by atoms with E-state index in [4.69, 9.17) is 0 Å². The zero-order valence-corrected chi connectivity index (χ0v) is 58.4. The maximum absolute atomic E-state index is 14.3. The number of rotatable bonds is 8. The summed E-state index contributed by atoms with van der Waals surface area (Å²) in [6, 6.07) is 20.0. The van der Waals surface area contributed by atoms with Gasteiger partial charge >= 0.3 is 0 Å². The average Bonchev–Trinajstić information content (AvgIpc) is 4.32. The van der Waals surface area contributed by atoms with E-state index >= 15 is 0 Å². The summed E-state index contributed by atoms with van der Waals surface area (Å²) in [6.45, 7) is 50.8. The number of benzene rings is 2. The molecule has 0 saturated heterocycles. The maximum Gasteiger partial charge on any atom is 0.146 e.